The highest BCUT2D eigenvalue weighted by Gasteiger charge is 2.07. The number of ether oxygens (including phenoxy) is 2. The van der Waals surface area contributed by atoms with E-state index < -0.39 is 0 Å². The van der Waals surface area contributed by atoms with Crippen molar-refractivity contribution < 1.29 is 9.47 Å². The van der Waals surface area contributed by atoms with Crippen LogP contribution in [0.3, 0.4) is 0 Å². The molecule has 0 aliphatic rings. The number of nitrogens with zero attached hydrogens (tertiary/aromatic N) is 1. The lowest BCUT2D eigenvalue weighted by Gasteiger charge is -2.10. The molecule has 0 aliphatic carbocycles. The van der Waals surface area contributed by atoms with Crippen LogP contribution in [0.5, 0.6) is 11.5 Å². The number of benzene rings is 1. The van der Waals surface area contributed by atoms with Gasteiger partial charge in [0.25, 0.3) is 0 Å². The van der Waals surface area contributed by atoms with Gasteiger partial charge in [0.1, 0.15) is 0 Å². The molecule has 0 aliphatic heterocycles. The number of aromatic nitrogens is 1. The predicted molar refractivity (Wildman–Crippen MR) is 86.4 cm³/mol. The van der Waals surface area contributed by atoms with Gasteiger partial charge in [-0.15, -0.1) is 11.3 Å². The van der Waals surface area contributed by atoms with Gasteiger partial charge in [-0.25, -0.2) is 4.98 Å². The summed E-state index contributed by atoms with van der Waals surface area (Å²) < 4.78 is 11.3. The van der Waals surface area contributed by atoms with Crippen LogP contribution in [0.1, 0.15) is 22.5 Å². The summed E-state index contributed by atoms with van der Waals surface area (Å²) >= 11 is 6.01. The van der Waals surface area contributed by atoms with E-state index in [2.05, 4.69) is 17.6 Å². The summed E-state index contributed by atoms with van der Waals surface area (Å²) in [6.07, 6.45) is 0.805. The highest BCUT2D eigenvalue weighted by atomic mass is 32.1. The van der Waals surface area contributed by atoms with Crippen LogP contribution in [0.2, 0.25) is 0 Å². The molecule has 1 aromatic heterocycles. The summed E-state index contributed by atoms with van der Waals surface area (Å²) in [7, 11) is 0. The van der Waals surface area contributed by atoms with E-state index in [1.807, 2.05) is 38.1 Å². The predicted octanol–water partition coefficient (Wildman–Crippen LogP) is 3.90. The van der Waals surface area contributed by atoms with Crippen LogP contribution in [0.25, 0.3) is 0 Å². The maximum atomic E-state index is 5.80. The molecule has 1 aromatic carbocycles. The molecule has 5 heteroatoms. The number of hydrogen-bond donors (Lipinski definition) is 1. The molecule has 2 rings (SSSR count). The molecule has 0 fully saturated rings. The number of rotatable bonds is 7. The second-order valence-corrected chi connectivity index (χ2v) is 5.74. The Labute approximate surface area is 129 Å². The summed E-state index contributed by atoms with van der Waals surface area (Å²) in [5.41, 5.74) is 1.08. The zero-order chi connectivity index (χ0) is 14.4. The van der Waals surface area contributed by atoms with Crippen molar-refractivity contribution in [3.63, 3.8) is 0 Å². The van der Waals surface area contributed by atoms with Gasteiger partial charge in [0.15, 0.2) is 11.5 Å². The maximum absolute atomic E-state index is 5.80. The Hall–Kier alpha value is -1.20. The van der Waals surface area contributed by atoms with Crippen LogP contribution < -0.4 is 9.47 Å². The van der Waals surface area contributed by atoms with Gasteiger partial charge >= 0.3 is 0 Å². The molecule has 0 unspecified atom stereocenters. The molecule has 0 radical (unpaired) electrons. The van der Waals surface area contributed by atoms with Gasteiger partial charge in [-0.2, -0.15) is 12.6 Å². The fourth-order valence-corrected chi connectivity index (χ4v) is 3.17. The zero-order valence-electron chi connectivity index (χ0n) is 11.8. The average Bonchev–Trinajstić information content (AvgIpc) is 2.81. The molecule has 0 saturated heterocycles. The minimum Gasteiger partial charge on any atom is -0.490 e. The van der Waals surface area contributed by atoms with Gasteiger partial charge < -0.3 is 9.47 Å². The molecule has 1 heterocycles. The van der Waals surface area contributed by atoms with Gasteiger partial charge in [-0.3, -0.25) is 0 Å². The number of thiazole rings is 1. The van der Waals surface area contributed by atoms with Crippen molar-refractivity contribution in [3.8, 4) is 11.5 Å². The number of aryl methyl sites for hydroxylation is 1. The van der Waals surface area contributed by atoms with E-state index in [1.165, 1.54) is 4.88 Å². The normalized spacial score (nSPS) is 10.6. The maximum Gasteiger partial charge on any atom is 0.161 e. The highest BCUT2D eigenvalue weighted by molar-refractivity contribution is 7.79. The van der Waals surface area contributed by atoms with E-state index in [0.29, 0.717) is 13.2 Å². The van der Waals surface area contributed by atoms with Crippen molar-refractivity contribution in [3.05, 3.63) is 39.8 Å². The summed E-state index contributed by atoms with van der Waals surface area (Å²) in [6, 6.07) is 7.74. The number of thiol groups is 1. The van der Waals surface area contributed by atoms with E-state index >= 15 is 0 Å². The fraction of sp³-hybridized carbons (Fsp3) is 0.400. The standard InChI is InChI=1S/C15H19NO2S2/c1-3-17-12-6-4-5-7-13(12)18-9-8-15-16-11(2)14(10-19)20-15/h4-7,19H,3,8-10H2,1-2H3. The van der Waals surface area contributed by atoms with Crippen LogP contribution in [-0.2, 0) is 12.2 Å². The molecule has 0 bridgehead atoms. The van der Waals surface area contributed by atoms with Gasteiger partial charge in [0.05, 0.1) is 23.9 Å². The van der Waals surface area contributed by atoms with Crippen molar-refractivity contribution in [2.75, 3.05) is 13.2 Å². The van der Waals surface area contributed by atoms with E-state index in [9.17, 15) is 0 Å². The van der Waals surface area contributed by atoms with Gasteiger partial charge in [0, 0.05) is 17.1 Å². The van der Waals surface area contributed by atoms with Crippen LogP contribution in [0.15, 0.2) is 24.3 Å². The van der Waals surface area contributed by atoms with Crippen molar-refractivity contribution in [1.29, 1.82) is 0 Å². The van der Waals surface area contributed by atoms with Gasteiger partial charge in [-0.1, -0.05) is 12.1 Å². The molecule has 0 saturated carbocycles. The summed E-state index contributed by atoms with van der Waals surface area (Å²) in [6.45, 7) is 5.23. The van der Waals surface area contributed by atoms with Crippen molar-refractivity contribution in [2.24, 2.45) is 0 Å². The second kappa shape index (κ2) is 7.55. The number of para-hydroxylation sites is 2. The zero-order valence-corrected chi connectivity index (χ0v) is 13.5. The smallest absolute Gasteiger partial charge is 0.161 e. The molecule has 3 nitrogen and oxygen atoms in total. The van der Waals surface area contributed by atoms with Crippen molar-refractivity contribution >= 4 is 24.0 Å². The molecule has 0 spiro atoms. The Bertz CT molecular complexity index is 555. The van der Waals surface area contributed by atoms with Crippen LogP contribution in [0, 0.1) is 6.92 Å². The molecular formula is C15H19NO2S2. The first-order valence-electron chi connectivity index (χ1n) is 6.65. The van der Waals surface area contributed by atoms with Crippen molar-refractivity contribution in [1.82, 2.24) is 4.98 Å². The molecular weight excluding hydrogens is 290 g/mol. The van der Waals surface area contributed by atoms with E-state index in [0.717, 1.165) is 34.4 Å². The molecule has 0 N–H and O–H groups in total. The van der Waals surface area contributed by atoms with Gasteiger partial charge in [0.2, 0.25) is 0 Å². The Morgan fingerprint density at radius 3 is 2.50 bits per heavy atom. The monoisotopic (exact) mass is 309 g/mol. The summed E-state index contributed by atoms with van der Waals surface area (Å²) in [4.78, 5) is 5.76. The van der Waals surface area contributed by atoms with E-state index in [1.54, 1.807) is 11.3 Å². The minimum atomic E-state index is 0.600. The second-order valence-electron chi connectivity index (χ2n) is 4.25. The van der Waals surface area contributed by atoms with Crippen LogP contribution in [0.4, 0.5) is 0 Å². The summed E-state index contributed by atoms with van der Waals surface area (Å²) in [5, 5.41) is 1.10. The minimum absolute atomic E-state index is 0.600. The summed E-state index contributed by atoms with van der Waals surface area (Å²) in [5.74, 6) is 2.33. The Morgan fingerprint density at radius 1 is 1.20 bits per heavy atom. The average molecular weight is 309 g/mol. The molecule has 0 atom stereocenters. The van der Waals surface area contributed by atoms with E-state index in [4.69, 9.17) is 9.47 Å². The third kappa shape index (κ3) is 3.90. The SMILES string of the molecule is CCOc1ccccc1OCCc1nc(C)c(CS)s1. The quantitative estimate of drug-likeness (QED) is 0.787. The lowest BCUT2D eigenvalue weighted by molar-refractivity contribution is 0.279. The number of hydrogen-bond acceptors (Lipinski definition) is 5. The molecule has 20 heavy (non-hydrogen) atoms. The van der Waals surface area contributed by atoms with Crippen molar-refractivity contribution in [2.45, 2.75) is 26.0 Å². The first-order valence-corrected chi connectivity index (χ1v) is 8.10. The Kier molecular flexibility index (Phi) is 5.73. The lowest BCUT2D eigenvalue weighted by atomic mass is 10.3. The first kappa shape index (κ1) is 15.2. The third-order valence-electron chi connectivity index (χ3n) is 2.80. The van der Waals surface area contributed by atoms with Crippen LogP contribution in [-0.4, -0.2) is 18.2 Å². The lowest BCUT2D eigenvalue weighted by Crippen LogP contribution is -2.03. The first-order chi connectivity index (χ1) is 9.74. The highest BCUT2D eigenvalue weighted by Crippen LogP contribution is 2.27. The molecule has 108 valence electrons. The third-order valence-corrected chi connectivity index (χ3v) is 4.55. The Balaban J connectivity index is 1.92. The van der Waals surface area contributed by atoms with E-state index in [-0.39, 0.29) is 0 Å². The Morgan fingerprint density at radius 2 is 1.90 bits per heavy atom. The fourth-order valence-electron chi connectivity index (χ4n) is 1.83. The molecule has 2 aromatic rings. The molecule has 0 amide bonds. The topological polar surface area (TPSA) is 31.4 Å². The largest absolute Gasteiger partial charge is 0.490 e. The van der Waals surface area contributed by atoms with Gasteiger partial charge in [-0.05, 0) is 26.0 Å². The van der Waals surface area contributed by atoms with Crippen LogP contribution >= 0.6 is 24.0 Å².